The Balaban J connectivity index is 0.00000205. The van der Waals surface area contributed by atoms with E-state index in [1.807, 2.05) is 25.1 Å². The Bertz CT molecular complexity index is 1380. The van der Waals surface area contributed by atoms with Crippen LogP contribution in [-0.4, -0.2) is 19.5 Å². The highest BCUT2D eigenvalue weighted by molar-refractivity contribution is 5.98. The number of anilines is 1. The largest absolute Gasteiger partial charge is 0.365 e. The van der Waals surface area contributed by atoms with Crippen LogP contribution in [0.1, 0.15) is 12.5 Å². The van der Waals surface area contributed by atoms with Crippen molar-refractivity contribution >= 4 is 50.9 Å². The molecule has 2 heterocycles. The minimum atomic E-state index is -0.106. The molecule has 0 radical (unpaired) electrons. The molecule has 29 heavy (non-hydrogen) atoms. The van der Waals surface area contributed by atoms with E-state index in [1.165, 1.54) is 16.3 Å². The average Bonchev–Trinajstić information content (AvgIpc) is 3.04. The maximum Gasteiger partial charge on any atom is 0.326 e. The Labute approximate surface area is 173 Å². The van der Waals surface area contributed by atoms with Gasteiger partial charge >= 0.3 is 5.69 Å². The number of nitrogens with zero attached hydrogens (tertiary/aromatic N) is 3. The third-order valence-corrected chi connectivity index (χ3v) is 5.17. The normalized spacial score (nSPS) is 11.1. The number of aryl methyl sites for hydroxylation is 1. The lowest BCUT2D eigenvalue weighted by Gasteiger charge is -2.11. The molecule has 2 aromatic heterocycles. The second-order valence-electron chi connectivity index (χ2n) is 6.78. The van der Waals surface area contributed by atoms with Crippen molar-refractivity contribution in [1.29, 1.82) is 0 Å². The van der Waals surface area contributed by atoms with Crippen LogP contribution in [0, 0.1) is 0 Å². The Morgan fingerprint density at radius 3 is 2.72 bits per heavy atom. The van der Waals surface area contributed by atoms with Gasteiger partial charge in [-0.05, 0) is 35.4 Å². The van der Waals surface area contributed by atoms with Crippen LogP contribution in [0.4, 0.5) is 5.82 Å². The molecule has 0 atom stereocenters. The zero-order valence-electron chi connectivity index (χ0n) is 15.8. The predicted octanol–water partition coefficient (Wildman–Crippen LogP) is 4.48. The van der Waals surface area contributed by atoms with Crippen LogP contribution in [0.25, 0.3) is 32.7 Å². The first-order chi connectivity index (χ1) is 13.7. The van der Waals surface area contributed by atoms with Crippen molar-refractivity contribution in [2.24, 2.45) is 0 Å². The molecule has 6 nitrogen and oxygen atoms in total. The lowest BCUT2D eigenvalue weighted by Crippen LogP contribution is -2.14. The van der Waals surface area contributed by atoms with Gasteiger partial charge in [-0.25, -0.2) is 14.8 Å². The van der Waals surface area contributed by atoms with Crippen LogP contribution in [0.2, 0.25) is 0 Å². The number of halogens is 1. The first kappa shape index (κ1) is 19.0. The maximum atomic E-state index is 12.1. The maximum absolute atomic E-state index is 12.1. The molecular formula is C22H20ClN5O. The van der Waals surface area contributed by atoms with Crippen LogP contribution in [-0.2, 0) is 13.1 Å². The number of imidazole rings is 1. The summed E-state index contributed by atoms with van der Waals surface area (Å²) in [5.74, 6) is 0.755. The number of hydrogen-bond donors (Lipinski definition) is 2. The summed E-state index contributed by atoms with van der Waals surface area (Å²) in [6.07, 6.45) is 1.56. The molecule has 0 saturated carbocycles. The molecule has 146 valence electrons. The standard InChI is InChI=1S/C22H19N5O.ClH/c1-2-27-20-11-18-17(10-19(20)26-22(27)28)21(25-13-24-18)23-12-15-8-5-7-14-6-3-4-9-16(14)15;/h3-11,13H,2,12H2,1H3,(H,26,28)(H,23,24,25);1H. The van der Waals surface area contributed by atoms with Gasteiger partial charge in [-0.15, -0.1) is 12.4 Å². The number of benzene rings is 3. The van der Waals surface area contributed by atoms with Gasteiger partial charge < -0.3 is 10.3 Å². The summed E-state index contributed by atoms with van der Waals surface area (Å²) in [5.41, 5.74) is 3.56. The highest BCUT2D eigenvalue weighted by Crippen LogP contribution is 2.25. The Hall–Kier alpha value is -3.38. The van der Waals surface area contributed by atoms with Gasteiger partial charge in [0, 0.05) is 18.5 Å². The number of aromatic amines is 1. The van der Waals surface area contributed by atoms with Crippen molar-refractivity contribution in [3.63, 3.8) is 0 Å². The lowest BCUT2D eigenvalue weighted by atomic mass is 10.0. The molecule has 0 aliphatic rings. The minimum absolute atomic E-state index is 0. The van der Waals surface area contributed by atoms with Crippen LogP contribution in [0.5, 0.6) is 0 Å². The monoisotopic (exact) mass is 405 g/mol. The Morgan fingerprint density at radius 2 is 1.86 bits per heavy atom. The number of hydrogen-bond acceptors (Lipinski definition) is 4. The van der Waals surface area contributed by atoms with Crippen LogP contribution in [0.3, 0.4) is 0 Å². The molecule has 0 aliphatic carbocycles. The number of fused-ring (bicyclic) bond motifs is 3. The van der Waals surface area contributed by atoms with Gasteiger partial charge in [0.25, 0.3) is 0 Å². The molecule has 5 rings (SSSR count). The molecule has 2 N–H and O–H groups in total. The summed E-state index contributed by atoms with van der Waals surface area (Å²) in [4.78, 5) is 23.9. The fourth-order valence-corrected chi connectivity index (χ4v) is 3.79. The fourth-order valence-electron chi connectivity index (χ4n) is 3.79. The lowest BCUT2D eigenvalue weighted by molar-refractivity contribution is 0.753. The van der Waals surface area contributed by atoms with Crippen molar-refractivity contribution < 1.29 is 0 Å². The van der Waals surface area contributed by atoms with Crippen LogP contribution < -0.4 is 11.0 Å². The fraction of sp³-hybridized carbons (Fsp3) is 0.136. The average molecular weight is 406 g/mol. The Kier molecular flexibility index (Phi) is 4.94. The van der Waals surface area contributed by atoms with E-state index < -0.39 is 0 Å². The predicted molar refractivity (Wildman–Crippen MR) is 120 cm³/mol. The van der Waals surface area contributed by atoms with Crippen molar-refractivity contribution in [2.75, 3.05) is 5.32 Å². The number of nitrogens with one attached hydrogen (secondary N) is 2. The van der Waals surface area contributed by atoms with Gasteiger partial charge in [-0.3, -0.25) is 4.57 Å². The molecule has 0 spiro atoms. The summed E-state index contributed by atoms with van der Waals surface area (Å²) >= 11 is 0. The Morgan fingerprint density at radius 1 is 1.03 bits per heavy atom. The number of H-pyrrole nitrogens is 1. The van der Waals surface area contributed by atoms with Gasteiger partial charge in [0.2, 0.25) is 0 Å². The summed E-state index contributed by atoms with van der Waals surface area (Å²) in [5, 5.41) is 6.78. The van der Waals surface area contributed by atoms with E-state index in [0.717, 1.165) is 27.8 Å². The van der Waals surface area contributed by atoms with E-state index in [2.05, 4.69) is 56.7 Å². The van der Waals surface area contributed by atoms with Gasteiger partial charge in [0.05, 0.1) is 16.6 Å². The first-order valence-corrected chi connectivity index (χ1v) is 9.32. The van der Waals surface area contributed by atoms with Crippen LogP contribution >= 0.6 is 12.4 Å². The molecule has 3 aromatic carbocycles. The van der Waals surface area contributed by atoms with Gasteiger partial charge in [0.15, 0.2) is 0 Å². The summed E-state index contributed by atoms with van der Waals surface area (Å²) in [6, 6.07) is 18.5. The zero-order valence-corrected chi connectivity index (χ0v) is 16.7. The van der Waals surface area contributed by atoms with E-state index >= 15 is 0 Å². The third-order valence-electron chi connectivity index (χ3n) is 5.17. The summed E-state index contributed by atoms with van der Waals surface area (Å²) in [7, 11) is 0. The van der Waals surface area contributed by atoms with Crippen molar-refractivity contribution in [1.82, 2.24) is 19.5 Å². The van der Waals surface area contributed by atoms with Crippen molar-refractivity contribution in [3.8, 4) is 0 Å². The highest BCUT2D eigenvalue weighted by atomic mass is 35.5. The quantitative estimate of drug-likeness (QED) is 0.462. The van der Waals surface area contributed by atoms with E-state index in [-0.39, 0.29) is 18.1 Å². The topological polar surface area (TPSA) is 75.6 Å². The molecule has 0 aliphatic heterocycles. The highest BCUT2D eigenvalue weighted by Gasteiger charge is 2.11. The van der Waals surface area contributed by atoms with Crippen molar-refractivity contribution in [3.05, 3.63) is 77.0 Å². The SMILES string of the molecule is CCn1c(=O)[nH]c2cc3c(NCc4cccc5ccccc45)ncnc3cc21.Cl. The molecule has 0 saturated heterocycles. The molecule has 0 bridgehead atoms. The van der Waals surface area contributed by atoms with E-state index in [0.29, 0.717) is 13.1 Å². The smallest absolute Gasteiger partial charge is 0.326 e. The molecule has 0 amide bonds. The van der Waals surface area contributed by atoms with E-state index in [4.69, 9.17) is 0 Å². The second-order valence-corrected chi connectivity index (χ2v) is 6.78. The number of aromatic nitrogens is 4. The van der Waals surface area contributed by atoms with Crippen molar-refractivity contribution in [2.45, 2.75) is 20.0 Å². The molecule has 0 unspecified atom stereocenters. The first-order valence-electron chi connectivity index (χ1n) is 9.32. The van der Waals surface area contributed by atoms with Gasteiger partial charge in [-0.2, -0.15) is 0 Å². The molecular weight excluding hydrogens is 386 g/mol. The van der Waals surface area contributed by atoms with Gasteiger partial charge in [-0.1, -0.05) is 42.5 Å². The summed E-state index contributed by atoms with van der Waals surface area (Å²) < 4.78 is 1.71. The van der Waals surface area contributed by atoms with E-state index in [9.17, 15) is 4.79 Å². The van der Waals surface area contributed by atoms with Crippen LogP contribution in [0.15, 0.2) is 65.7 Å². The minimum Gasteiger partial charge on any atom is -0.365 e. The number of rotatable bonds is 4. The second kappa shape index (κ2) is 7.56. The van der Waals surface area contributed by atoms with E-state index in [1.54, 1.807) is 10.9 Å². The molecule has 7 heteroatoms. The van der Waals surface area contributed by atoms with Gasteiger partial charge in [0.1, 0.15) is 12.1 Å². The summed E-state index contributed by atoms with van der Waals surface area (Å²) in [6.45, 7) is 3.22. The zero-order chi connectivity index (χ0) is 19.1. The third kappa shape index (κ3) is 3.21. The molecule has 5 aromatic rings. The molecule has 0 fully saturated rings.